The molecule has 4 nitrogen and oxygen atoms in total. The molecule has 33 heavy (non-hydrogen) atoms. The number of rotatable bonds is 4. The highest BCUT2D eigenvalue weighted by Crippen LogP contribution is 2.44. The molecule has 2 amide bonds. The molecule has 1 aliphatic rings. The van der Waals surface area contributed by atoms with Crippen LogP contribution >= 0.6 is 27.3 Å². The highest BCUT2D eigenvalue weighted by atomic mass is 79.9. The molecule has 0 radical (unpaired) electrons. The van der Waals surface area contributed by atoms with Gasteiger partial charge in [0.2, 0.25) is 0 Å². The Balaban J connectivity index is 1.68. The van der Waals surface area contributed by atoms with E-state index in [1.807, 2.05) is 43.3 Å². The van der Waals surface area contributed by atoms with Crippen molar-refractivity contribution >= 4 is 49.8 Å². The van der Waals surface area contributed by atoms with Gasteiger partial charge in [-0.05, 0) is 85.0 Å². The maximum Gasteiger partial charge on any atom is 0.258 e. The number of halogens is 1. The van der Waals surface area contributed by atoms with Crippen molar-refractivity contribution in [2.75, 3.05) is 10.6 Å². The average molecular weight is 526 g/mol. The average Bonchev–Trinajstić information content (AvgIpc) is 3.10. The fourth-order valence-corrected chi connectivity index (χ4v) is 5.93. The summed E-state index contributed by atoms with van der Waals surface area (Å²) in [5, 5.41) is 6.72. The maximum atomic E-state index is 13.5. The second-order valence-electron chi connectivity index (χ2n) is 9.80. The molecule has 1 heterocycles. The third-order valence-corrected chi connectivity index (χ3v) is 8.02. The summed E-state index contributed by atoms with van der Waals surface area (Å²) >= 11 is 4.95. The third-order valence-electron chi connectivity index (χ3n) is 6.33. The molecule has 3 aromatic rings. The van der Waals surface area contributed by atoms with E-state index in [1.54, 1.807) is 23.5 Å². The molecule has 0 saturated heterocycles. The van der Waals surface area contributed by atoms with Crippen molar-refractivity contribution in [1.29, 1.82) is 0 Å². The van der Waals surface area contributed by atoms with Gasteiger partial charge >= 0.3 is 0 Å². The van der Waals surface area contributed by atoms with Crippen LogP contribution in [0, 0.1) is 18.3 Å². The number of benzene rings is 2. The number of hydrogen-bond acceptors (Lipinski definition) is 3. The van der Waals surface area contributed by atoms with Gasteiger partial charge in [-0.25, -0.2) is 0 Å². The monoisotopic (exact) mass is 524 g/mol. The molecule has 0 spiro atoms. The number of carbonyl (C=O) groups is 2. The predicted octanol–water partition coefficient (Wildman–Crippen LogP) is 7.47. The zero-order valence-corrected chi connectivity index (χ0v) is 21.8. The molecule has 1 aromatic heterocycles. The minimum Gasteiger partial charge on any atom is -0.322 e. The second kappa shape index (κ2) is 9.43. The second-order valence-corrected chi connectivity index (χ2v) is 11.8. The fourth-order valence-electron chi connectivity index (χ4n) is 4.35. The molecule has 0 aliphatic heterocycles. The number of nitrogens with one attached hydrogen (secondary N) is 2. The lowest BCUT2D eigenvalue weighted by molar-refractivity contribution is 0.102. The summed E-state index contributed by atoms with van der Waals surface area (Å²) in [6.45, 7) is 8.83. The first-order valence-electron chi connectivity index (χ1n) is 11.2. The highest BCUT2D eigenvalue weighted by molar-refractivity contribution is 9.10. The van der Waals surface area contributed by atoms with Gasteiger partial charge in [0.25, 0.3) is 11.8 Å². The van der Waals surface area contributed by atoms with Crippen molar-refractivity contribution in [2.45, 2.75) is 47.0 Å². The Morgan fingerprint density at radius 1 is 1.03 bits per heavy atom. The quantitative estimate of drug-likeness (QED) is 0.371. The summed E-state index contributed by atoms with van der Waals surface area (Å²) in [5.74, 6) is 0.169. The van der Waals surface area contributed by atoms with E-state index in [2.05, 4.69) is 47.3 Å². The van der Waals surface area contributed by atoms with Crippen LogP contribution in [0.3, 0.4) is 0 Å². The summed E-state index contributed by atoms with van der Waals surface area (Å²) in [5.41, 5.74) is 4.28. The zero-order chi connectivity index (χ0) is 23.8. The van der Waals surface area contributed by atoms with E-state index in [4.69, 9.17) is 0 Å². The van der Waals surface area contributed by atoms with E-state index in [0.29, 0.717) is 22.0 Å². The van der Waals surface area contributed by atoms with Crippen molar-refractivity contribution in [2.24, 2.45) is 11.3 Å². The summed E-state index contributed by atoms with van der Waals surface area (Å²) < 4.78 is 0.914. The lowest BCUT2D eigenvalue weighted by Gasteiger charge is -2.33. The maximum absolute atomic E-state index is 13.5. The van der Waals surface area contributed by atoms with Crippen molar-refractivity contribution in [3.63, 3.8) is 0 Å². The number of hydrogen-bond donors (Lipinski definition) is 2. The minimum absolute atomic E-state index is 0.168. The first-order valence-corrected chi connectivity index (χ1v) is 12.8. The van der Waals surface area contributed by atoms with Gasteiger partial charge in [-0.2, -0.15) is 0 Å². The van der Waals surface area contributed by atoms with Gasteiger partial charge < -0.3 is 10.6 Å². The third kappa shape index (κ3) is 5.39. The standard InChI is InChI=1S/C27H29BrN2O2S/c1-16-6-5-7-20(14-16)29-25(32)23-21-13-10-18(27(2,3)4)15-22(21)33-26(23)30-24(31)17-8-11-19(28)12-9-17/h5-9,11-12,14,18H,10,13,15H2,1-4H3,(H,29,32)(H,30,31). The summed E-state index contributed by atoms with van der Waals surface area (Å²) in [7, 11) is 0. The Morgan fingerprint density at radius 3 is 2.42 bits per heavy atom. The van der Waals surface area contributed by atoms with Crippen molar-refractivity contribution in [3.8, 4) is 0 Å². The van der Waals surface area contributed by atoms with Crippen LogP contribution in [0.5, 0.6) is 0 Å². The Bertz CT molecular complexity index is 1190. The van der Waals surface area contributed by atoms with E-state index in [9.17, 15) is 9.59 Å². The number of thiophene rings is 1. The SMILES string of the molecule is Cc1cccc(NC(=O)c2c(NC(=O)c3ccc(Br)cc3)sc3c2CCC(C(C)(C)C)C3)c1. The molecule has 2 aromatic carbocycles. The van der Waals surface area contributed by atoms with E-state index in [1.165, 1.54) is 4.88 Å². The van der Waals surface area contributed by atoms with Crippen LogP contribution in [0.2, 0.25) is 0 Å². The molecule has 1 atom stereocenters. The van der Waals surface area contributed by atoms with Gasteiger partial charge in [0, 0.05) is 20.6 Å². The van der Waals surface area contributed by atoms with Crippen LogP contribution in [-0.4, -0.2) is 11.8 Å². The van der Waals surface area contributed by atoms with Crippen LogP contribution in [-0.2, 0) is 12.8 Å². The lowest BCUT2D eigenvalue weighted by atomic mass is 9.72. The van der Waals surface area contributed by atoms with Gasteiger partial charge in [-0.3, -0.25) is 9.59 Å². The van der Waals surface area contributed by atoms with E-state index >= 15 is 0 Å². The smallest absolute Gasteiger partial charge is 0.258 e. The van der Waals surface area contributed by atoms with E-state index in [-0.39, 0.29) is 17.2 Å². The molecule has 0 bridgehead atoms. The molecular formula is C27H29BrN2O2S. The Morgan fingerprint density at radius 2 is 1.76 bits per heavy atom. The van der Waals surface area contributed by atoms with Crippen LogP contribution in [0.1, 0.15) is 63.9 Å². The molecule has 1 unspecified atom stereocenters. The van der Waals surface area contributed by atoms with E-state index in [0.717, 1.165) is 40.5 Å². The van der Waals surface area contributed by atoms with Crippen molar-refractivity contribution in [1.82, 2.24) is 0 Å². The van der Waals surface area contributed by atoms with Gasteiger partial charge in [-0.1, -0.05) is 48.8 Å². The number of anilines is 2. The highest BCUT2D eigenvalue weighted by Gasteiger charge is 2.34. The van der Waals surface area contributed by atoms with Crippen LogP contribution in [0.4, 0.5) is 10.7 Å². The van der Waals surface area contributed by atoms with Gasteiger partial charge in [0.05, 0.1) is 5.56 Å². The molecule has 172 valence electrons. The molecule has 4 rings (SSSR count). The van der Waals surface area contributed by atoms with Crippen LogP contribution < -0.4 is 10.6 Å². The number of fused-ring (bicyclic) bond motifs is 1. The number of amides is 2. The van der Waals surface area contributed by atoms with Crippen molar-refractivity contribution < 1.29 is 9.59 Å². The first kappa shape index (κ1) is 23.7. The summed E-state index contributed by atoms with van der Waals surface area (Å²) in [6, 6.07) is 15.0. The summed E-state index contributed by atoms with van der Waals surface area (Å²) in [4.78, 5) is 27.7. The van der Waals surface area contributed by atoms with E-state index < -0.39 is 0 Å². The van der Waals surface area contributed by atoms with Crippen LogP contribution in [0.25, 0.3) is 0 Å². The number of carbonyl (C=O) groups excluding carboxylic acids is 2. The molecule has 0 saturated carbocycles. The van der Waals surface area contributed by atoms with Gasteiger partial charge in [0.1, 0.15) is 5.00 Å². The first-order chi connectivity index (χ1) is 15.6. The summed E-state index contributed by atoms with van der Waals surface area (Å²) in [6.07, 6.45) is 2.82. The molecule has 0 fully saturated rings. The predicted molar refractivity (Wildman–Crippen MR) is 141 cm³/mol. The normalized spacial score (nSPS) is 15.6. The zero-order valence-electron chi connectivity index (χ0n) is 19.4. The molecule has 6 heteroatoms. The molecular weight excluding hydrogens is 496 g/mol. The Kier molecular flexibility index (Phi) is 6.78. The molecule has 1 aliphatic carbocycles. The lowest BCUT2D eigenvalue weighted by Crippen LogP contribution is -2.27. The molecule has 2 N–H and O–H groups in total. The number of aryl methyl sites for hydroxylation is 1. The largest absolute Gasteiger partial charge is 0.322 e. The Labute approximate surface area is 207 Å². The minimum atomic E-state index is -0.210. The fraction of sp³-hybridized carbons (Fsp3) is 0.333. The Hall–Kier alpha value is -2.44. The van der Waals surface area contributed by atoms with Crippen LogP contribution in [0.15, 0.2) is 53.0 Å². The van der Waals surface area contributed by atoms with Gasteiger partial charge in [0.15, 0.2) is 0 Å². The van der Waals surface area contributed by atoms with Gasteiger partial charge in [-0.15, -0.1) is 11.3 Å². The topological polar surface area (TPSA) is 58.2 Å². The van der Waals surface area contributed by atoms with Crippen molar-refractivity contribution in [3.05, 3.63) is 80.1 Å².